The Balaban J connectivity index is 1.74. The van der Waals surface area contributed by atoms with Gasteiger partial charge in [-0.05, 0) is 48.4 Å². The normalized spacial score (nSPS) is 12.2. The van der Waals surface area contributed by atoms with Gasteiger partial charge in [0.25, 0.3) is 11.5 Å². The van der Waals surface area contributed by atoms with Crippen LogP contribution in [0.4, 0.5) is 0 Å². The molecule has 30 heavy (non-hydrogen) atoms. The van der Waals surface area contributed by atoms with Gasteiger partial charge in [0, 0.05) is 19.2 Å². The van der Waals surface area contributed by atoms with E-state index in [0.29, 0.717) is 28.8 Å². The summed E-state index contributed by atoms with van der Waals surface area (Å²) in [5, 5.41) is 2.72. The number of aromatic nitrogens is 2. The standard InChI is InChI=1S/C25H25N3O2/c1-4-15-28-23(26-22-12-8-7-11-21(22)25(28)30)17(2)27(3)24(29)20-14-13-18-9-5-6-10-19(18)16-20/h5-14,16-17H,4,15H2,1-3H3. The summed E-state index contributed by atoms with van der Waals surface area (Å²) in [4.78, 5) is 32.7. The Hall–Kier alpha value is -3.47. The number of hydrogen-bond donors (Lipinski definition) is 0. The van der Waals surface area contributed by atoms with Crippen LogP contribution in [-0.2, 0) is 6.54 Å². The fourth-order valence-corrected chi connectivity index (χ4v) is 3.82. The number of carbonyl (C=O) groups is 1. The first kappa shape index (κ1) is 19.8. The maximum absolute atomic E-state index is 13.2. The monoisotopic (exact) mass is 399 g/mol. The van der Waals surface area contributed by atoms with Crippen molar-refractivity contribution >= 4 is 27.6 Å². The van der Waals surface area contributed by atoms with Gasteiger partial charge in [-0.2, -0.15) is 0 Å². The summed E-state index contributed by atoms with van der Waals surface area (Å²) in [5.41, 5.74) is 1.22. The van der Waals surface area contributed by atoms with Crippen molar-refractivity contribution in [3.8, 4) is 0 Å². The highest BCUT2D eigenvalue weighted by atomic mass is 16.2. The van der Waals surface area contributed by atoms with Gasteiger partial charge < -0.3 is 4.90 Å². The molecule has 0 aliphatic heterocycles. The maximum Gasteiger partial charge on any atom is 0.261 e. The third-order valence-corrected chi connectivity index (χ3v) is 5.61. The number of rotatable bonds is 5. The van der Waals surface area contributed by atoms with Crippen molar-refractivity contribution in [3.05, 3.63) is 88.5 Å². The molecule has 1 aromatic heterocycles. The van der Waals surface area contributed by atoms with E-state index in [0.717, 1.165) is 17.2 Å². The van der Waals surface area contributed by atoms with E-state index in [2.05, 4.69) is 0 Å². The highest BCUT2D eigenvalue weighted by Gasteiger charge is 2.24. The molecular weight excluding hydrogens is 374 g/mol. The predicted molar refractivity (Wildman–Crippen MR) is 121 cm³/mol. The van der Waals surface area contributed by atoms with Crippen molar-refractivity contribution in [3.63, 3.8) is 0 Å². The third-order valence-electron chi connectivity index (χ3n) is 5.61. The number of para-hydroxylation sites is 1. The predicted octanol–water partition coefficient (Wildman–Crippen LogP) is 4.79. The van der Waals surface area contributed by atoms with Crippen LogP contribution in [0.5, 0.6) is 0 Å². The fourth-order valence-electron chi connectivity index (χ4n) is 3.82. The van der Waals surface area contributed by atoms with Gasteiger partial charge in [-0.1, -0.05) is 49.4 Å². The first-order valence-corrected chi connectivity index (χ1v) is 10.3. The molecule has 0 N–H and O–H groups in total. The number of hydrogen-bond acceptors (Lipinski definition) is 3. The van der Waals surface area contributed by atoms with E-state index < -0.39 is 0 Å². The van der Waals surface area contributed by atoms with E-state index in [4.69, 9.17) is 4.98 Å². The zero-order valence-electron chi connectivity index (χ0n) is 17.5. The van der Waals surface area contributed by atoms with E-state index in [1.807, 2.05) is 74.5 Å². The Bertz CT molecular complexity index is 1290. The molecule has 0 saturated carbocycles. The van der Waals surface area contributed by atoms with Gasteiger partial charge in [0.2, 0.25) is 0 Å². The lowest BCUT2D eigenvalue weighted by molar-refractivity contribution is 0.0733. The molecule has 1 heterocycles. The molecule has 1 amide bonds. The highest BCUT2D eigenvalue weighted by Crippen LogP contribution is 2.23. The zero-order chi connectivity index (χ0) is 21.3. The minimum atomic E-state index is -0.354. The largest absolute Gasteiger partial charge is 0.332 e. The highest BCUT2D eigenvalue weighted by molar-refractivity contribution is 5.98. The molecule has 4 rings (SSSR count). The zero-order valence-corrected chi connectivity index (χ0v) is 17.5. The summed E-state index contributed by atoms with van der Waals surface area (Å²) >= 11 is 0. The average Bonchev–Trinajstić information content (AvgIpc) is 2.79. The molecule has 5 nitrogen and oxygen atoms in total. The molecule has 4 aromatic rings. The SMILES string of the molecule is CCCn1c(C(C)N(C)C(=O)c2ccc3ccccc3c2)nc2ccccc2c1=O. The molecular formula is C25H25N3O2. The molecule has 0 aliphatic carbocycles. The van der Waals surface area contributed by atoms with Crippen LogP contribution >= 0.6 is 0 Å². The smallest absolute Gasteiger partial charge is 0.261 e. The average molecular weight is 399 g/mol. The lowest BCUT2D eigenvalue weighted by atomic mass is 10.1. The van der Waals surface area contributed by atoms with Crippen LogP contribution in [0.3, 0.4) is 0 Å². The summed E-state index contributed by atoms with van der Waals surface area (Å²) in [5.74, 6) is 0.510. The molecule has 0 aliphatic rings. The molecule has 5 heteroatoms. The number of benzene rings is 3. The molecule has 0 spiro atoms. The van der Waals surface area contributed by atoms with E-state index in [1.54, 1.807) is 22.6 Å². The maximum atomic E-state index is 13.2. The molecule has 152 valence electrons. The topological polar surface area (TPSA) is 55.2 Å². The second-order valence-electron chi connectivity index (χ2n) is 7.60. The minimum Gasteiger partial charge on any atom is -0.332 e. The van der Waals surface area contributed by atoms with E-state index >= 15 is 0 Å². The van der Waals surface area contributed by atoms with Crippen LogP contribution in [0, 0.1) is 0 Å². The minimum absolute atomic E-state index is 0.0594. The number of fused-ring (bicyclic) bond motifs is 2. The molecule has 0 fully saturated rings. The van der Waals surface area contributed by atoms with Crippen LogP contribution in [0.1, 0.15) is 42.5 Å². The van der Waals surface area contributed by atoms with Crippen LogP contribution < -0.4 is 5.56 Å². The Kier molecular flexibility index (Phi) is 5.36. The summed E-state index contributed by atoms with van der Waals surface area (Å²) in [7, 11) is 1.76. The number of amides is 1. The van der Waals surface area contributed by atoms with Gasteiger partial charge in [0.05, 0.1) is 16.9 Å². The van der Waals surface area contributed by atoms with Crippen molar-refractivity contribution < 1.29 is 4.79 Å². The van der Waals surface area contributed by atoms with Crippen LogP contribution in [0.2, 0.25) is 0 Å². The molecule has 1 unspecified atom stereocenters. The second-order valence-corrected chi connectivity index (χ2v) is 7.60. The van der Waals surface area contributed by atoms with Crippen molar-refractivity contribution in [2.75, 3.05) is 7.05 Å². The Morgan fingerprint density at radius 2 is 1.73 bits per heavy atom. The van der Waals surface area contributed by atoms with E-state index in [1.165, 1.54) is 0 Å². The van der Waals surface area contributed by atoms with Crippen molar-refractivity contribution in [2.24, 2.45) is 0 Å². The third kappa shape index (κ3) is 3.47. The quantitative estimate of drug-likeness (QED) is 0.485. The van der Waals surface area contributed by atoms with Crippen molar-refractivity contribution in [1.82, 2.24) is 14.5 Å². The van der Waals surface area contributed by atoms with E-state index in [-0.39, 0.29) is 17.5 Å². The summed E-state index contributed by atoms with van der Waals surface area (Å²) < 4.78 is 1.71. The lowest BCUT2D eigenvalue weighted by Crippen LogP contribution is -2.35. The van der Waals surface area contributed by atoms with Gasteiger partial charge in [-0.15, -0.1) is 0 Å². The summed E-state index contributed by atoms with van der Waals surface area (Å²) in [6, 6.07) is 20.7. The van der Waals surface area contributed by atoms with Gasteiger partial charge in [-0.25, -0.2) is 4.98 Å². The van der Waals surface area contributed by atoms with Crippen LogP contribution in [0.15, 0.2) is 71.5 Å². The van der Waals surface area contributed by atoms with Gasteiger partial charge in [0.15, 0.2) is 0 Å². The molecule has 1 atom stereocenters. The van der Waals surface area contributed by atoms with Crippen molar-refractivity contribution in [1.29, 1.82) is 0 Å². The van der Waals surface area contributed by atoms with Gasteiger partial charge in [-0.3, -0.25) is 14.2 Å². The van der Waals surface area contributed by atoms with Crippen molar-refractivity contribution in [2.45, 2.75) is 32.9 Å². The second kappa shape index (κ2) is 8.11. The number of nitrogens with zero attached hydrogens (tertiary/aromatic N) is 3. The first-order chi connectivity index (χ1) is 14.5. The Labute approximate surface area is 175 Å². The Morgan fingerprint density at radius 1 is 1.03 bits per heavy atom. The number of carbonyl (C=O) groups excluding carboxylic acids is 1. The molecule has 0 saturated heterocycles. The lowest BCUT2D eigenvalue weighted by Gasteiger charge is -2.27. The molecule has 0 radical (unpaired) electrons. The molecule has 3 aromatic carbocycles. The van der Waals surface area contributed by atoms with Crippen LogP contribution in [0.25, 0.3) is 21.7 Å². The van der Waals surface area contributed by atoms with Gasteiger partial charge >= 0.3 is 0 Å². The van der Waals surface area contributed by atoms with E-state index in [9.17, 15) is 9.59 Å². The summed E-state index contributed by atoms with van der Waals surface area (Å²) in [6.45, 7) is 4.51. The fraction of sp³-hybridized carbons (Fsp3) is 0.240. The Morgan fingerprint density at radius 3 is 2.50 bits per heavy atom. The molecule has 0 bridgehead atoms. The summed E-state index contributed by atoms with van der Waals surface area (Å²) in [6.07, 6.45) is 0.808. The first-order valence-electron chi connectivity index (χ1n) is 10.3. The van der Waals surface area contributed by atoms with Crippen LogP contribution in [-0.4, -0.2) is 27.4 Å². The van der Waals surface area contributed by atoms with Gasteiger partial charge in [0.1, 0.15) is 5.82 Å².